The van der Waals surface area contributed by atoms with Gasteiger partial charge in [0.1, 0.15) is 0 Å². The monoisotopic (exact) mass is 590 g/mol. The van der Waals surface area contributed by atoms with Gasteiger partial charge in [-0.25, -0.2) is 0 Å². The van der Waals surface area contributed by atoms with E-state index >= 15 is 0 Å². The molecule has 0 saturated carbocycles. The number of rotatable bonds is 4. The molecule has 1 aliphatic carbocycles. The first-order valence-corrected chi connectivity index (χ1v) is 16.6. The molecule has 0 radical (unpaired) electrons. The Kier molecular flexibility index (Phi) is 6.25. The van der Waals surface area contributed by atoms with Crippen LogP contribution in [0.2, 0.25) is 0 Å². The van der Waals surface area contributed by atoms with Crippen molar-refractivity contribution in [2.24, 2.45) is 0 Å². The van der Waals surface area contributed by atoms with Crippen molar-refractivity contribution in [3.05, 3.63) is 156 Å². The summed E-state index contributed by atoms with van der Waals surface area (Å²) in [6.07, 6.45) is 7.09. The predicted molar refractivity (Wildman–Crippen MR) is 196 cm³/mol. The molecule has 0 saturated heterocycles. The van der Waals surface area contributed by atoms with Crippen LogP contribution in [0.1, 0.15) is 12.8 Å². The standard InChI is InChI=1S/C44H30S/c1-3-13-29(14-4-1)30-25-27-31(28-26-30)33-21-12-24-40-43(33)39-23-11-22-38(44(39)45-40)42-36-19-9-7-17-34(36)41(32-15-5-2-6-16-32)35-18-8-10-20-37(35)42/h1-7,9,11-28H,8,10H2. The normalized spacial score (nSPS) is 12.6. The molecule has 0 bridgehead atoms. The second kappa shape index (κ2) is 10.7. The molecule has 9 rings (SSSR count). The molecule has 0 amide bonds. The fourth-order valence-electron chi connectivity index (χ4n) is 7.32. The number of fused-ring (bicyclic) bond motifs is 5. The SMILES string of the molecule is C1=c2c(-c3ccccc3)c3ccccc3c(-c3cccc4c3sc3cccc(-c5ccc(-c6ccccc6)cc5)c34)c2=CCC1. The first-order chi connectivity index (χ1) is 22.3. The van der Waals surface area contributed by atoms with Gasteiger partial charge in [-0.1, -0.05) is 152 Å². The largest absolute Gasteiger partial charge is 0.135 e. The van der Waals surface area contributed by atoms with E-state index < -0.39 is 0 Å². The molecule has 0 nitrogen and oxygen atoms in total. The van der Waals surface area contributed by atoms with Gasteiger partial charge in [0.05, 0.1) is 0 Å². The molecule has 1 aliphatic rings. The van der Waals surface area contributed by atoms with Gasteiger partial charge >= 0.3 is 0 Å². The summed E-state index contributed by atoms with van der Waals surface area (Å²) in [5.74, 6) is 0. The van der Waals surface area contributed by atoms with Crippen LogP contribution in [0.5, 0.6) is 0 Å². The van der Waals surface area contributed by atoms with E-state index in [0.29, 0.717) is 0 Å². The van der Waals surface area contributed by atoms with Crippen molar-refractivity contribution in [1.82, 2.24) is 0 Å². The Morgan fingerprint density at radius 2 is 0.911 bits per heavy atom. The molecule has 45 heavy (non-hydrogen) atoms. The Hall–Kier alpha value is -5.24. The molecule has 0 atom stereocenters. The molecule has 0 spiro atoms. The third kappa shape index (κ3) is 4.27. The third-order valence-electron chi connectivity index (χ3n) is 9.32. The number of thiophene rings is 1. The van der Waals surface area contributed by atoms with Crippen molar-refractivity contribution in [3.8, 4) is 44.5 Å². The molecule has 1 heteroatoms. The van der Waals surface area contributed by atoms with Crippen molar-refractivity contribution in [2.75, 3.05) is 0 Å². The molecule has 1 heterocycles. The summed E-state index contributed by atoms with van der Waals surface area (Å²) in [5.41, 5.74) is 10.4. The molecule has 0 aliphatic heterocycles. The van der Waals surface area contributed by atoms with Gasteiger partial charge in [0.25, 0.3) is 0 Å². The summed E-state index contributed by atoms with van der Waals surface area (Å²) >= 11 is 1.93. The van der Waals surface area contributed by atoms with Crippen molar-refractivity contribution in [3.63, 3.8) is 0 Å². The van der Waals surface area contributed by atoms with E-state index in [9.17, 15) is 0 Å². The lowest BCUT2D eigenvalue weighted by atomic mass is 9.86. The van der Waals surface area contributed by atoms with Crippen molar-refractivity contribution >= 4 is 54.4 Å². The maximum absolute atomic E-state index is 2.48. The third-order valence-corrected chi connectivity index (χ3v) is 10.5. The minimum atomic E-state index is 1.07. The molecule has 7 aromatic carbocycles. The summed E-state index contributed by atoms with van der Waals surface area (Å²) in [5, 5.41) is 8.07. The zero-order valence-corrected chi connectivity index (χ0v) is 25.7. The lowest BCUT2D eigenvalue weighted by Crippen LogP contribution is -2.31. The molecule has 1 aromatic heterocycles. The highest BCUT2D eigenvalue weighted by Gasteiger charge is 2.19. The maximum atomic E-state index is 2.48. The van der Waals surface area contributed by atoms with Crippen LogP contribution < -0.4 is 10.4 Å². The highest BCUT2D eigenvalue weighted by Crippen LogP contribution is 2.45. The van der Waals surface area contributed by atoms with Crippen molar-refractivity contribution in [1.29, 1.82) is 0 Å². The first-order valence-electron chi connectivity index (χ1n) is 15.8. The summed E-state index contributed by atoms with van der Waals surface area (Å²) in [6, 6.07) is 53.4. The molecule has 212 valence electrons. The van der Waals surface area contributed by atoms with Crippen LogP contribution in [0.3, 0.4) is 0 Å². The molecular weight excluding hydrogens is 561 g/mol. The Labute approximate surface area is 266 Å². The van der Waals surface area contributed by atoms with Gasteiger partial charge in [0.15, 0.2) is 0 Å². The van der Waals surface area contributed by atoms with E-state index in [1.54, 1.807) is 0 Å². The van der Waals surface area contributed by atoms with E-state index in [1.165, 1.54) is 85.9 Å². The lowest BCUT2D eigenvalue weighted by molar-refractivity contribution is 1.12. The van der Waals surface area contributed by atoms with E-state index in [0.717, 1.165) is 12.8 Å². The van der Waals surface area contributed by atoms with Gasteiger partial charge in [-0.15, -0.1) is 11.3 Å². The molecule has 8 aromatic rings. The molecule has 0 N–H and O–H groups in total. The molecule has 0 unspecified atom stereocenters. The molecule has 0 fully saturated rings. The van der Waals surface area contributed by atoms with E-state index in [-0.39, 0.29) is 0 Å². The summed E-state index contributed by atoms with van der Waals surface area (Å²) in [4.78, 5) is 0. The van der Waals surface area contributed by atoms with Gasteiger partial charge in [-0.3, -0.25) is 0 Å². The van der Waals surface area contributed by atoms with Gasteiger partial charge in [-0.05, 0) is 79.1 Å². The lowest BCUT2D eigenvalue weighted by Gasteiger charge is -2.18. The highest BCUT2D eigenvalue weighted by atomic mass is 32.1. The van der Waals surface area contributed by atoms with Gasteiger partial charge in [0, 0.05) is 25.7 Å². The minimum absolute atomic E-state index is 1.07. The van der Waals surface area contributed by atoms with Crippen LogP contribution in [0, 0.1) is 0 Å². The summed E-state index contributed by atoms with van der Waals surface area (Å²) < 4.78 is 2.69. The van der Waals surface area contributed by atoms with Crippen molar-refractivity contribution < 1.29 is 0 Å². The van der Waals surface area contributed by atoms with Crippen LogP contribution >= 0.6 is 11.3 Å². The maximum Gasteiger partial charge on any atom is 0.0434 e. The fourth-order valence-corrected chi connectivity index (χ4v) is 8.57. The first kappa shape index (κ1) is 26.2. The summed E-state index contributed by atoms with van der Waals surface area (Å²) in [6.45, 7) is 0. The minimum Gasteiger partial charge on any atom is -0.135 e. The number of hydrogen-bond acceptors (Lipinski definition) is 1. The van der Waals surface area contributed by atoms with Crippen LogP contribution in [-0.2, 0) is 0 Å². The average molecular weight is 591 g/mol. The summed E-state index contributed by atoms with van der Waals surface area (Å²) in [7, 11) is 0. The topological polar surface area (TPSA) is 0 Å². The number of benzene rings is 7. The number of hydrogen-bond donors (Lipinski definition) is 0. The van der Waals surface area contributed by atoms with Crippen LogP contribution in [0.25, 0.3) is 87.6 Å². The van der Waals surface area contributed by atoms with E-state index in [2.05, 4.69) is 158 Å². The Morgan fingerprint density at radius 1 is 0.378 bits per heavy atom. The predicted octanol–water partition coefficient (Wildman–Crippen LogP) is 11.2. The zero-order chi connectivity index (χ0) is 29.7. The van der Waals surface area contributed by atoms with Gasteiger partial charge in [0.2, 0.25) is 0 Å². The van der Waals surface area contributed by atoms with Crippen LogP contribution in [-0.4, -0.2) is 0 Å². The zero-order valence-electron chi connectivity index (χ0n) is 24.8. The Bertz CT molecular complexity index is 2500. The van der Waals surface area contributed by atoms with Gasteiger partial charge in [-0.2, -0.15) is 0 Å². The quantitative estimate of drug-likeness (QED) is 0.191. The van der Waals surface area contributed by atoms with Gasteiger partial charge < -0.3 is 0 Å². The highest BCUT2D eigenvalue weighted by molar-refractivity contribution is 7.26. The van der Waals surface area contributed by atoms with E-state index in [1.807, 2.05) is 11.3 Å². The van der Waals surface area contributed by atoms with Crippen molar-refractivity contribution in [2.45, 2.75) is 12.8 Å². The van der Waals surface area contributed by atoms with Crippen LogP contribution in [0.4, 0.5) is 0 Å². The van der Waals surface area contributed by atoms with E-state index in [4.69, 9.17) is 0 Å². The fraction of sp³-hybridized carbons (Fsp3) is 0.0455. The smallest absolute Gasteiger partial charge is 0.0434 e. The Morgan fingerprint density at radius 3 is 1.64 bits per heavy atom. The Balaban J connectivity index is 1.30. The second-order valence-corrected chi connectivity index (χ2v) is 12.9. The van der Waals surface area contributed by atoms with Crippen LogP contribution in [0.15, 0.2) is 146 Å². The average Bonchev–Trinajstić information content (AvgIpc) is 3.51. The second-order valence-electron chi connectivity index (χ2n) is 11.9. The molecular formula is C44H30S.